The number of nitrogens with one attached hydrogen (secondary N) is 3. The van der Waals surface area contributed by atoms with Gasteiger partial charge in [-0.25, -0.2) is 27.0 Å². The Balaban J connectivity index is 1.17. The van der Waals surface area contributed by atoms with Crippen molar-refractivity contribution in [3.63, 3.8) is 0 Å². The summed E-state index contributed by atoms with van der Waals surface area (Å²) in [5.74, 6) is -3.82. The van der Waals surface area contributed by atoms with Gasteiger partial charge in [0, 0.05) is 17.4 Å². The fourth-order valence-corrected chi connectivity index (χ4v) is 8.89. The minimum atomic E-state index is -4.14. The summed E-state index contributed by atoms with van der Waals surface area (Å²) >= 11 is 0. The molecule has 3 N–H and O–H groups in total. The van der Waals surface area contributed by atoms with Crippen molar-refractivity contribution in [1.29, 1.82) is 0 Å². The van der Waals surface area contributed by atoms with E-state index in [1.54, 1.807) is 26.8 Å². The molecule has 1 saturated heterocycles. The lowest BCUT2D eigenvalue weighted by Gasteiger charge is -2.35. The van der Waals surface area contributed by atoms with Crippen molar-refractivity contribution in [3.05, 3.63) is 54.6 Å². The molecule has 2 aromatic carbocycles. The van der Waals surface area contributed by atoms with Crippen molar-refractivity contribution in [2.75, 3.05) is 13.2 Å². The van der Waals surface area contributed by atoms with Crippen LogP contribution in [0.15, 0.2) is 54.6 Å². The fourth-order valence-electron chi connectivity index (χ4n) is 7.53. The number of hydrogen-bond acceptors (Lipinski definition) is 10. The second-order valence-corrected chi connectivity index (χ2v) is 18.6. The number of alkyl halides is 2. The zero-order valence-corrected chi connectivity index (χ0v) is 31.9. The first-order valence-corrected chi connectivity index (χ1v) is 20.3. The molecule has 3 heterocycles. The van der Waals surface area contributed by atoms with Gasteiger partial charge in [-0.15, -0.1) is 0 Å². The molecule has 1 spiro atoms. The van der Waals surface area contributed by atoms with Gasteiger partial charge in [0.05, 0.1) is 23.2 Å². The van der Waals surface area contributed by atoms with E-state index in [9.17, 15) is 36.4 Å². The summed E-state index contributed by atoms with van der Waals surface area (Å²) in [5.41, 5.74) is -2.00. The quantitative estimate of drug-likeness (QED) is 0.329. The van der Waals surface area contributed by atoms with Crippen molar-refractivity contribution < 1.29 is 50.6 Å². The number of halogens is 2. The largest absolute Gasteiger partial charge is 0.484 e. The number of cyclic esters (lactones) is 1. The zero-order valence-electron chi connectivity index (χ0n) is 31.0. The third-order valence-corrected chi connectivity index (χ3v) is 13.0. The molecular formula is C39H43F2N5O9S. The SMILES string of the molecule is CC(C)(C)[C@H]1NC(=O)OCC2(CC2)Oc2cccc(c2)-c2cc3ccccc3nc2OC2C[C@@H](C(=O)NC3(C(=O)NS(=O)(=O)C4CC4)C[C@H]3C(F)F)N(C2)C1=O. The Bertz CT molecular complexity index is 2220. The minimum Gasteiger partial charge on any atom is -0.484 e. The second-order valence-electron chi connectivity index (χ2n) is 16.6. The molecule has 3 aromatic rings. The van der Waals surface area contributed by atoms with E-state index in [-0.39, 0.29) is 25.5 Å². The van der Waals surface area contributed by atoms with Crippen LogP contribution in [0.5, 0.6) is 11.6 Å². The molecule has 1 aromatic heterocycles. The summed E-state index contributed by atoms with van der Waals surface area (Å²) in [4.78, 5) is 61.7. The Kier molecular flexibility index (Phi) is 9.16. The van der Waals surface area contributed by atoms with Crippen LogP contribution in [0.25, 0.3) is 22.0 Å². The van der Waals surface area contributed by atoms with Crippen LogP contribution in [0.4, 0.5) is 13.6 Å². The number of benzene rings is 2. The van der Waals surface area contributed by atoms with E-state index in [1.807, 2.05) is 53.3 Å². The summed E-state index contributed by atoms with van der Waals surface area (Å²) in [6.07, 6.45) is -3.57. The number of amides is 4. The number of carbonyl (C=O) groups is 4. The number of carbonyl (C=O) groups excluding carboxylic acids is 4. The minimum absolute atomic E-state index is 0.0945. The molecule has 0 radical (unpaired) electrons. The predicted octanol–water partition coefficient (Wildman–Crippen LogP) is 4.06. The number of pyridine rings is 1. The standard InChI is InChI=1S/C39H43F2N5O9S/c1-37(2,3)30-34(48)46-19-24(17-29(46)32(47)44-39(18-27(39)31(40)41)35(49)45-56(51,52)25-11-12-25)54-33-26(16-22-7-4-5-10-28(22)42-33)21-8-6-9-23(15-21)55-38(13-14-38)20-53-36(50)43-30/h4-10,15-16,24-25,27,29-31H,11-14,17-20H2,1-3H3,(H,43,50)(H,44,47)(H,45,49)/t24?,27-,29-,30-,39?/m0/s1. The molecule has 2 unspecified atom stereocenters. The van der Waals surface area contributed by atoms with Gasteiger partial charge >= 0.3 is 6.09 Å². The van der Waals surface area contributed by atoms with E-state index < -0.39 is 92.6 Å². The van der Waals surface area contributed by atoms with E-state index in [0.29, 0.717) is 48.1 Å². The molecule has 14 nitrogen and oxygen atoms in total. The molecule has 4 amide bonds. The van der Waals surface area contributed by atoms with Crippen LogP contribution in [0.2, 0.25) is 0 Å². The number of alkyl carbamates (subject to hydrolysis) is 1. The topological polar surface area (TPSA) is 182 Å². The van der Waals surface area contributed by atoms with Crippen LogP contribution in [-0.4, -0.2) is 96.3 Å². The van der Waals surface area contributed by atoms with Crippen LogP contribution in [0.1, 0.15) is 59.3 Å². The first-order valence-electron chi connectivity index (χ1n) is 18.7. The maximum absolute atomic E-state index is 14.6. The van der Waals surface area contributed by atoms with E-state index >= 15 is 0 Å². The molecular weight excluding hydrogens is 753 g/mol. The van der Waals surface area contributed by atoms with Gasteiger partial charge in [0.25, 0.3) is 5.91 Å². The first-order chi connectivity index (χ1) is 26.5. The number of aromatic nitrogens is 1. The lowest BCUT2D eigenvalue weighted by Crippen LogP contribution is -2.60. The molecule has 2 aliphatic heterocycles. The van der Waals surface area contributed by atoms with E-state index in [0.717, 1.165) is 5.39 Å². The van der Waals surface area contributed by atoms with E-state index in [4.69, 9.17) is 19.2 Å². The van der Waals surface area contributed by atoms with Gasteiger partial charge in [-0.05, 0) is 67.3 Å². The maximum atomic E-state index is 14.6. The average Bonchev–Trinajstić information content (AvgIpc) is 4.05. The lowest BCUT2D eigenvalue weighted by atomic mass is 9.85. The Morgan fingerprint density at radius 1 is 1.05 bits per heavy atom. The van der Waals surface area contributed by atoms with Gasteiger partial charge in [-0.2, -0.15) is 0 Å². The third-order valence-electron chi connectivity index (χ3n) is 11.2. The molecule has 4 fully saturated rings. The van der Waals surface area contributed by atoms with Gasteiger partial charge in [0.1, 0.15) is 41.7 Å². The van der Waals surface area contributed by atoms with Crippen molar-refractivity contribution in [1.82, 2.24) is 25.2 Å². The van der Waals surface area contributed by atoms with Gasteiger partial charge in [-0.3, -0.25) is 19.1 Å². The van der Waals surface area contributed by atoms with Crippen LogP contribution < -0.4 is 24.8 Å². The molecule has 3 aliphatic carbocycles. The summed E-state index contributed by atoms with van der Waals surface area (Å²) in [5, 5.41) is 5.11. The molecule has 56 heavy (non-hydrogen) atoms. The van der Waals surface area contributed by atoms with E-state index in [2.05, 4.69) is 10.6 Å². The number of nitrogens with zero attached hydrogens (tertiary/aromatic N) is 2. The Morgan fingerprint density at radius 3 is 2.48 bits per heavy atom. The number of sulfonamides is 1. The van der Waals surface area contributed by atoms with Crippen molar-refractivity contribution in [3.8, 4) is 22.8 Å². The number of ether oxygens (including phenoxy) is 3. The van der Waals surface area contributed by atoms with Gasteiger partial charge in [0.15, 0.2) is 0 Å². The highest BCUT2D eigenvalue weighted by molar-refractivity contribution is 7.91. The van der Waals surface area contributed by atoms with E-state index in [1.165, 1.54) is 4.90 Å². The van der Waals surface area contributed by atoms with Crippen molar-refractivity contribution in [2.24, 2.45) is 11.3 Å². The van der Waals surface area contributed by atoms with Crippen LogP contribution in [-0.2, 0) is 29.1 Å². The summed E-state index contributed by atoms with van der Waals surface area (Å²) in [7, 11) is -4.14. The van der Waals surface area contributed by atoms with Crippen molar-refractivity contribution >= 4 is 44.7 Å². The maximum Gasteiger partial charge on any atom is 0.407 e. The highest BCUT2D eigenvalue weighted by atomic mass is 32.2. The fraction of sp³-hybridized carbons (Fsp3) is 0.513. The third kappa shape index (κ3) is 7.32. The van der Waals surface area contributed by atoms with Gasteiger partial charge < -0.3 is 29.7 Å². The van der Waals surface area contributed by atoms with Crippen LogP contribution in [0, 0.1) is 11.3 Å². The average molecular weight is 796 g/mol. The predicted molar refractivity (Wildman–Crippen MR) is 197 cm³/mol. The smallest absolute Gasteiger partial charge is 0.407 e. The Labute approximate surface area is 322 Å². The number of fused-ring (bicyclic) bond motifs is 7. The summed E-state index contributed by atoms with van der Waals surface area (Å²) in [6, 6.07) is 14.0. The van der Waals surface area contributed by atoms with Gasteiger partial charge in [-0.1, -0.05) is 51.1 Å². The Morgan fingerprint density at radius 2 is 1.80 bits per heavy atom. The molecule has 5 atom stereocenters. The molecule has 5 aliphatic rings. The summed E-state index contributed by atoms with van der Waals surface area (Å²) in [6.45, 7) is 4.88. The number of hydrogen-bond donors (Lipinski definition) is 3. The normalized spacial score (nSPS) is 27.3. The lowest BCUT2D eigenvalue weighted by molar-refractivity contribution is -0.143. The zero-order chi connectivity index (χ0) is 39.8. The first kappa shape index (κ1) is 37.8. The van der Waals surface area contributed by atoms with Crippen LogP contribution >= 0.6 is 0 Å². The highest BCUT2D eigenvalue weighted by Gasteiger charge is 2.67. The molecule has 17 heteroatoms. The molecule has 298 valence electrons. The highest BCUT2D eigenvalue weighted by Crippen LogP contribution is 2.49. The number of para-hydroxylation sites is 1. The molecule has 3 saturated carbocycles. The second kappa shape index (κ2) is 13.6. The Hall–Kier alpha value is -5.06. The number of rotatable bonds is 6. The van der Waals surface area contributed by atoms with Gasteiger partial charge in [0.2, 0.25) is 34.1 Å². The molecule has 8 rings (SSSR count). The van der Waals surface area contributed by atoms with Crippen LogP contribution in [0.3, 0.4) is 0 Å². The monoisotopic (exact) mass is 795 g/mol. The van der Waals surface area contributed by atoms with Crippen molar-refractivity contribution in [2.45, 2.75) is 100 Å². The molecule has 4 bridgehead atoms. The summed E-state index contributed by atoms with van der Waals surface area (Å²) < 4.78 is 74.2.